The lowest BCUT2D eigenvalue weighted by Gasteiger charge is -2.22. The lowest BCUT2D eigenvalue weighted by molar-refractivity contribution is 0.485. The zero-order valence-electron chi connectivity index (χ0n) is 9.19. The number of pyridine rings is 1. The van der Waals surface area contributed by atoms with Crippen LogP contribution in [0.1, 0.15) is 32.9 Å². The lowest BCUT2D eigenvalue weighted by Crippen LogP contribution is -2.21. The van der Waals surface area contributed by atoms with E-state index in [1.165, 1.54) is 6.07 Å². The molecule has 4 nitrogen and oxygen atoms in total. The monoisotopic (exact) mass is 228 g/mol. The normalized spacial score (nSPS) is 12.8. The molecular formula is C10H16N2O2S. The summed E-state index contributed by atoms with van der Waals surface area (Å²) in [5, 5.41) is 4.95. The van der Waals surface area contributed by atoms with Gasteiger partial charge in [0.05, 0.1) is 0 Å². The van der Waals surface area contributed by atoms with E-state index in [2.05, 4.69) is 4.98 Å². The highest BCUT2D eigenvalue weighted by Crippen LogP contribution is 2.25. The van der Waals surface area contributed by atoms with Crippen molar-refractivity contribution in [2.75, 3.05) is 0 Å². The van der Waals surface area contributed by atoms with E-state index >= 15 is 0 Å². The molecule has 1 heterocycles. The fraction of sp³-hybridized carbons (Fsp3) is 0.500. The molecule has 15 heavy (non-hydrogen) atoms. The highest BCUT2D eigenvalue weighted by atomic mass is 32.2. The van der Waals surface area contributed by atoms with Crippen molar-refractivity contribution >= 4 is 10.0 Å². The van der Waals surface area contributed by atoms with Crippen molar-refractivity contribution < 1.29 is 8.42 Å². The first-order chi connectivity index (χ1) is 6.77. The number of primary sulfonamides is 1. The van der Waals surface area contributed by atoms with Crippen LogP contribution in [0.5, 0.6) is 0 Å². The lowest BCUT2D eigenvalue weighted by atomic mass is 9.86. The summed E-state index contributed by atoms with van der Waals surface area (Å²) in [4.78, 5) is 4.07. The van der Waals surface area contributed by atoms with Gasteiger partial charge in [0, 0.05) is 11.1 Å². The molecule has 0 aliphatic carbocycles. The van der Waals surface area contributed by atoms with Gasteiger partial charge < -0.3 is 0 Å². The third-order valence-electron chi connectivity index (χ3n) is 2.59. The number of hydrogen-bond acceptors (Lipinski definition) is 3. The van der Waals surface area contributed by atoms with Crippen LogP contribution in [-0.2, 0) is 15.4 Å². The zero-order chi connectivity index (χ0) is 11.7. The Balaban J connectivity index is 3.26. The minimum Gasteiger partial charge on any atom is -0.239 e. The second kappa shape index (κ2) is 3.90. The van der Waals surface area contributed by atoms with Crippen molar-refractivity contribution in [3.63, 3.8) is 0 Å². The Morgan fingerprint density at radius 2 is 2.00 bits per heavy atom. The molecule has 0 saturated heterocycles. The van der Waals surface area contributed by atoms with E-state index in [0.717, 1.165) is 12.1 Å². The first-order valence-electron chi connectivity index (χ1n) is 4.78. The second-order valence-corrected chi connectivity index (χ2v) is 5.65. The van der Waals surface area contributed by atoms with Gasteiger partial charge in [0.25, 0.3) is 10.0 Å². The molecule has 0 aliphatic heterocycles. The third kappa shape index (κ3) is 2.76. The molecule has 1 aromatic heterocycles. The van der Waals surface area contributed by atoms with Crippen LogP contribution in [0.2, 0.25) is 0 Å². The minimum atomic E-state index is -3.70. The van der Waals surface area contributed by atoms with Gasteiger partial charge >= 0.3 is 0 Å². The number of sulfonamides is 1. The van der Waals surface area contributed by atoms with Crippen molar-refractivity contribution in [1.82, 2.24) is 4.98 Å². The van der Waals surface area contributed by atoms with Gasteiger partial charge in [0.15, 0.2) is 5.03 Å². The van der Waals surface area contributed by atoms with E-state index in [0.29, 0.717) is 0 Å². The van der Waals surface area contributed by atoms with Gasteiger partial charge in [0.1, 0.15) is 0 Å². The second-order valence-electron chi connectivity index (χ2n) is 4.14. The van der Waals surface area contributed by atoms with Gasteiger partial charge in [-0.15, -0.1) is 0 Å². The van der Waals surface area contributed by atoms with Gasteiger partial charge in [-0.3, -0.25) is 0 Å². The molecule has 0 bridgehead atoms. The molecule has 1 aromatic rings. The highest BCUT2D eigenvalue weighted by Gasteiger charge is 2.21. The number of nitrogens with two attached hydrogens (primary N) is 1. The van der Waals surface area contributed by atoms with Gasteiger partial charge in [0.2, 0.25) is 0 Å². The number of aromatic nitrogens is 1. The van der Waals surface area contributed by atoms with Crippen molar-refractivity contribution in [2.24, 2.45) is 5.14 Å². The predicted octanol–water partition coefficient (Wildman–Crippen LogP) is 1.42. The van der Waals surface area contributed by atoms with E-state index in [9.17, 15) is 8.42 Å². The summed E-state index contributed by atoms with van der Waals surface area (Å²) in [6, 6.07) is 4.89. The van der Waals surface area contributed by atoms with E-state index in [-0.39, 0.29) is 10.4 Å². The van der Waals surface area contributed by atoms with Crippen molar-refractivity contribution in [3.8, 4) is 0 Å². The molecule has 0 unspecified atom stereocenters. The average Bonchev–Trinajstić information content (AvgIpc) is 2.17. The quantitative estimate of drug-likeness (QED) is 0.850. The summed E-state index contributed by atoms with van der Waals surface area (Å²) in [5.74, 6) is 0. The van der Waals surface area contributed by atoms with E-state index < -0.39 is 10.0 Å². The van der Waals surface area contributed by atoms with Crippen LogP contribution in [0.3, 0.4) is 0 Å². The van der Waals surface area contributed by atoms with Gasteiger partial charge in [-0.2, -0.15) is 0 Å². The Hall–Kier alpha value is -0.940. The standard InChI is InChI=1S/C10H16N2O2S/c1-4-10(2,3)8-6-5-7-9(12-8)15(11,13)14/h5-7H,4H2,1-3H3,(H2,11,13,14). The Morgan fingerprint density at radius 1 is 1.40 bits per heavy atom. The Kier molecular flexibility index (Phi) is 3.16. The SMILES string of the molecule is CCC(C)(C)c1cccc(S(N)(=O)=O)n1. The van der Waals surface area contributed by atoms with Gasteiger partial charge in [-0.05, 0) is 18.6 Å². The summed E-state index contributed by atoms with van der Waals surface area (Å²) >= 11 is 0. The van der Waals surface area contributed by atoms with E-state index in [1.54, 1.807) is 6.07 Å². The molecule has 5 heteroatoms. The summed E-state index contributed by atoms with van der Waals surface area (Å²) in [6.45, 7) is 6.07. The maximum Gasteiger partial charge on any atom is 0.255 e. The highest BCUT2D eigenvalue weighted by molar-refractivity contribution is 7.89. The number of rotatable bonds is 3. The summed E-state index contributed by atoms with van der Waals surface area (Å²) in [7, 11) is -3.70. The van der Waals surface area contributed by atoms with Gasteiger partial charge in [-0.1, -0.05) is 26.8 Å². The van der Waals surface area contributed by atoms with Crippen LogP contribution in [-0.4, -0.2) is 13.4 Å². The molecule has 0 amide bonds. The molecule has 0 aromatic carbocycles. The molecule has 1 rings (SSSR count). The molecule has 0 saturated carbocycles. The predicted molar refractivity (Wildman–Crippen MR) is 58.9 cm³/mol. The Labute approximate surface area is 90.6 Å². The first-order valence-corrected chi connectivity index (χ1v) is 6.32. The molecule has 0 fully saturated rings. The average molecular weight is 228 g/mol. The van der Waals surface area contributed by atoms with Crippen LogP contribution in [0.15, 0.2) is 23.2 Å². The van der Waals surface area contributed by atoms with Crippen LogP contribution < -0.4 is 5.14 Å². The molecule has 0 radical (unpaired) electrons. The minimum absolute atomic E-state index is 0.0680. The van der Waals surface area contributed by atoms with Crippen LogP contribution >= 0.6 is 0 Å². The first kappa shape index (κ1) is 12.1. The molecule has 0 atom stereocenters. The van der Waals surface area contributed by atoms with Crippen LogP contribution in [0.4, 0.5) is 0 Å². The zero-order valence-corrected chi connectivity index (χ0v) is 10.0. The molecule has 0 spiro atoms. The Morgan fingerprint density at radius 3 is 2.47 bits per heavy atom. The molecular weight excluding hydrogens is 212 g/mol. The number of nitrogens with zero attached hydrogens (tertiary/aromatic N) is 1. The molecule has 2 N–H and O–H groups in total. The summed E-state index contributed by atoms with van der Waals surface area (Å²) in [6.07, 6.45) is 0.883. The maximum atomic E-state index is 11.1. The smallest absolute Gasteiger partial charge is 0.239 e. The van der Waals surface area contributed by atoms with Crippen LogP contribution in [0, 0.1) is 0 Å². The van der Waals surface area contributed by atoms with Crippen molar-refractivity contribution in [3.05, 3.63) is 23.9 Å². The molecule has 0 aliphatic rings. The Bertz CT molecular complexity index is 452. The van der Waals surface area contributed by atoms with Crippen molar-refractivity contribution in [1.29, 1.82) is 0 Å². The summed E-state index contributed by atoms with van der Waals surface area (Å²) < 4.78 is 22.2. The fourth-order valence-corrected chi connectivity index (χ4v) is 1.63. The topological polar surface area (TPSA) is 73.1 Å². The van der Waals surface area contributed by atoms with Gasteiger partial charge in [-0.25, -0.2) is 18.5 Å². The molecule has 84 valence electrons. The van der Waals surface area contributed by atoms with E-state index in [1.807, 2.05) is 26.8 Å². The summed E-state index contributed by atoms with van der Waals surface area (Å²) in [5.41, 5.74) is 0.609. The third-order valence-corrected chi connectivity index (χ3v) is 3.40. The van der Waals surface area contributed by atoms with E-state index in [4.69, 9.17) is 5.14 Å². The maximum absolute atomic E-state index is 11.1. The number of hydrogen-bond donors (Lipinski definition) is 1. The van der Waals surface area contributed by atoms with Crippen LogP contribution in [0.25, 0.3) is 0 Å². The fourth-order valence-electron chi connectivity index (χ4n) is 1.13. The van der Waals surface area contributed by atoms with Crippen molar-refractivity contribution in [2.45, 2.75) is 37.6 Å². The largest absolute Gasteiger partial charge is 0.255 e.